The second-order valence-electron chi connectivity index (χ2n) is 5.25. The standard InChI is InChI=1S/C17H20N2O7/c1-23-9-14(20)18-11-5-4-6-12(7-11)19-10-26-8-13(16(21)24-2)15(19)17(22)25-3/h4-7H,8-10H2,1-3H3,(H,18,20). The van der Waals surface area contributed by atoms with Crippen molar-refractivity contribution < 1.29 is 33.3 Å². The van der Waals surface area contributed by atoms with Gasteiger partial charge >= 0.3 is 11.9 Å². The number of hydrogen-bond acceptors (Lipinski definition) is 8. The molecule has 0 atom stereocenters. The molecule has 1 aliphatic rings. The smallest absolute Gasteiger partial charge is 0.355 e. The average molecular weight is 364 g/mol. The first-order valence-corrected chi connectivity index (χ1v) is 7.65. The molecule has 0 aliphatic carbocycles. The highest BCUT2D eigenvalue weighted by atomic mass is 16.5. The maximum Gasteiger partial charge on any atom is 0.355 e. The van der Waals surface area contributed by atoms with Gasteiger partial charge in [-0.3, -0.25) is 4.79 Å². The SMILES string of the molecule is COCC(=O)Nc1cccc(N2COCC(C(=O)OC)=C2C(=O)OC)c1. The number of carbonyl (C=O) groups excluding carboxylic acids is 3. The van der Waals surface area contributed by atoms with E-state index in [-0.39, 0.29) is 37.1 Å². The van der Waals surface area contributed by atoms with Crippen molar-refractivity contribution in [1.29, 1.82) is 0 Å². The number of anilines is 2. The number of benzene rings is 1. The molecule has 0 radical (unpaired) electrons. The van der Waals surface area contributed by atoms with Crippen LogP contribution >= 0.6 is 0 Å². The maximum atomic E-state index is 12.3. The number of hydrogen-bond donors (Lipinski definition) is 1. The fourth-order valence-electron chi connectivity index (χ4n) is 2.43. The van der Waals surface area contributed by atoms with Crippen molar-refractivity contribution in [1.82, 2.24) is 0 Å². The topological polar surface area (TPSA) is 103 Å². The summed E-state index contributed by atoms with van der Waals surface area (Å²) in [4.78, 5) is 37.4. The number of methoxy groups -OCH3 is 3. The summed E-state index contributed by atoms with van der Waals surface area (Å²) < 4.78 is 19.7. The molecule has 0 unspecified atom stereocenters. The lowest BCUT2D eigenvalue weighted by molar-refractivity contribution is -0.140. The van der Waals surface area contributed by atoms with Gasteiger partial charge in [-0.25, -0.2) is 9.59 Å². The summed E-state index contributed by atoms with van der Waals surface area (Å²) >= 11 is 0. The molecule has 0 saturated heterocycles. The molecule has 1 heterocycles. The van der Waals surface area contributed by atoms with Gasteiger partial charge in [-0.2, -0.15) is 0 Å². The quantitative estimate of drug-likeness (QED) is 0.735. The zero-order chi connectivity index (χ0) is 19.1. The maximum absolute atomic E-state index is 12.3. The molecule has 1 N–H and O–H groups in total. The Morgan fingerprint density at radius 2 is 1.88 bits per heavy atom. The predicted octanol–water partition coefficient (Wildman–Crippen LogP) is 0.666. The van der Waals surface area contributed by atoms with Crippen LogP contribution in [0.25, 0.3) is 0 Å². The number of amides is 1. The van der Waals surface area contributed by atoms with Gasteiger partial charge in [0.25, 0.3) is 0 Å². The lowest BCUT2D eigenvalue weighted by Crippen LogP contribution is -2.38. The Balaban J connectivity index is 2.40. The molecule has 1 amide bonds. The first-order chi connectivity index (χ1) is 12.5. The molecule has 0 saturated carbocycles. The Hall–Kier alpha value is -2.91. The molecule has 9 heteroatoms. The van der Waals surface area contributed by atoms with Gasteiger partial charge in [0.15, 0.2) is 0 Å². The molecule has 0 spiro atoms. The molecule has 0 fully saturated rings. The van der Waals surface area contributed by atoms with Crippen molar-refractivity contribution in [2.75, 3.05) is 51.5 Å². The highest BCUT2D eigenvalue weighted by Crippen LogP contribution is 2.28. The van der Waals surface area contributed by atoms with Crippen LogP contribution in [-0.4, -0.2) is 59.1 Å². The Morgan fingerprint density at radius 1 is 1.15 bits per heavy atom. The molecule has 0 aromatic heterocycles. The summed E-state index contributed by atoms with van der Waals surface area (Å²) in [6, 6.07) is 6.72. The van der Waals surface area contributed by atoms with Crippen molar-refractivity contribution in [2.45, 2.75) is 0 Å². The van der Waals surface area contributed by atoms with Crippen LogP contribution in [0.2, 0.25) is 0 Å². The van der Waals surface area contributed by atoms with E-state index in [9.17, 15) is 14.4 Å². The van der Waals surface area contributed by atoms with Crippen LogP contribution in [0.3, 0.4) is 0 Å². The fourth-order valence-corrected chi connectivity index (χ4v) is 2.43. The van der Waals surface area contributed by atoms with E-state index in [4.69, 9.17) is 18.9 Å². The molecule has 1 aromatic carbocycles. The minimum absolute atomic E-state index is 0.0282. The summed E-state index contributed by atoms with van der Waals surface area (Å²) in [5.74, 6) is -1.69. The Morgan fingerprint density at radius 3 is 2.54 bits per heavy atom. The summed E-state index contributed by atoms with van der Waals surface area (Å²) in [6.07, 6.45) is 0. The third-order valence-corrected chi connectivity index (χ3v) is 3.55. The molecule has 140 valence electrons. The van der Waals surface area contributed by atoms with Gasteiger partial charge in [0, 0.05) is 18.5 Å². The Bertz CT molecular complexity index is 730. The third-order valence-electron chi connectivity index (χ3n) is 3.55. The summed E-state index contributed by atoms with van der Waals surface area (Å²) in [5, 5.41) is 2.67. The molecule has 1 aliphatic heterocycles. The predicted molar refractivity (Wildman–Crippen MR) is 91.3 cm³/mol. The van der Waals surface area contributed by atoms with Crippen molar-refractivity contribution in [3.05, 3.63) is 35.5 Å². The van der Waals surface area contributed by atoms with Crippen LogP contribution in [0, 0.1) is 0 Å². The molecule has 0 bridgehead atoms. The van der Waals surface area contributed by atoms with Crippen molar-refractivity contribution >= 4 is 29.2 Å². The minimum Gasteiger partial charge on any atom is -0.466 e. The number of ether oxygens (including phenoxy) is 4. The minimum atomic E-state index is -0.692. The molecular formula is C17H20N2O7. The molecule has 9 nitrogen and oxygen atoms in total. The Kier molecular flexibility index (Phi) is 6.70. The van der Waals surface area contributed by atoms with Gasteiger partial charge < -0.3 is 29.2 Å². The monoisotopic (exact) mass is 364 g/mol. The van der Waals surface area contributed by atoms with Crippen molar-refractivity contribution in [2.24, 2.45) is 0 Å². The van der Waals surface area contributed by atoms with E-state index in [0.29, 0.717) is 11.4 Å². The molecule has 2 rings (SSSR count). The second-order valence-corrected chi connectivity index (χ2v) is 5.25. The zero-order valence-corrected chi connectivity index (χ0v) is 14.7. The van der Waals surface area contributed by atoms with Crippen LogP contribution < -0.4 is 10.2 Å². The largest absolute Gasteiger partial charge is 0.466 e. The van der Waals surface area contributed by atoms with E-state index in [1.807, 2.05) is 0 Å². The fraction of sp³-hybridized carbons (Fsp3) is 0.353. The van der Waals surface area contributed by atoms with Gasteiger partial charge in [-0.1, -0.05) is 6.07 Å². The molecule has 1 aromatic rings. The number of nitrogens with one attached hydrogen (secondary N) is 1. The third kappa shape index (κ3) is 4.38. The van der Waals surface area contributed by atoms with Gasteiger partial charge in [0.05, 0.1) is 26.4 Å². The first-order valence-electron chi connectivity index (χ1n) is 7.65. The highest BCUT2D eigenvalue weighted by molar-refractivity contribution is 6.03. The number of carbonyl (C=O) groups is 3. The van der Waals surface area contributed by atoms with Gasteiger partial charge in [-0.05, 0) is 18.2 Å². The molecule has 26 heavy (non-hydrogen) atoms. The van der Waals surface area contributed by atoms with E-state index in [1.165, 1.54) is 26.2 Å². The lowest BCUT2D eigenvalue weighted by Gasteiger charge is -2.31. The van der Waals surface area contributed by atoms with Gasteiger partial charge in [0.2, 0.25) is 5.91 Å². The Labute approximate surface area is 150 Å². The van der Waals surface area contributed by atoms with Crippen LogP contribution in [0.5, 0.6) is 0 Å². The van der Waals surface area contributed by atoms with E-state index in [2.05, 4.69) is 5.32 Å². The van der Waals surface area contributed by atoms with Crippen LogP contribution in [0.1, 0.15) is 0 Å². The van der Waals surface area contributed by atoms with Crippen LogP contribution in [0.4, 0.5) is 11.4 Å². The van der Waals surface area contributed by atoms with Gasteiger partial charge in [0.1, 0.15) is 19.0 Å². The first kappa shape index (κ1) is 19.4. The van der Waals surface area contributed by atoms with E-state index in [1.54, 1.807) is 24.3 Å². The van der Waals surface area contributed by atoms with Crippen molar-refractivity contribution in [3.63, 3.8) is 0 Å². The van der Waals surface area contributed by atoms with E-state index in [0.717, 1.165) is 0 Å². The number of esters is 2. The summed E-state index contributed by atoms with van der Waals surface area (Å²) in [5.41, 5.74) is 1.12. The van der Waals surface area contributed by atoms with Gasteiger partial charge in [-0.15, -0.1) is 0 Å². The van der Waals surface area contributed by atoms with Crippen LogP contribution in [-0.2, 0) is 33.3 Å². The number of nitrogens with zero attached hydrogens (tertiary/aromatic N) is 1. The van der Waals surface area contributed by atoms with Crippen LogP contribution in [0.15, 0.2) is 35.5 Å². The zero-order valence-electron chi connectivity index (χ0n) is 14.7. The number of rotatable bonds is 6. The average Bonchev–Trinajstić information content (AvgIpc) is 2.66. The van der Waals surface area contributed by atoms with E-state index >= 15 is 0 Å². The summed E-state index contributed by atoms with van der Waals surface area (Å²) in [6.45, 7) is -0.130. The van der Waals surface area contributed by atoms with Crippen molar-refractivity contribution in [3.8, 4) is 0 Å². The molecular weight excluding hydrogens is 344 g/mol. The normalized spacial score (nSPS) is 14.0. The lowest BCUT2D eigenvalue weighted by atomic mass is 10.1. The summed E-state index contributed by atoms with van der Waals surface area (Å²) in [7, 11) is 3.86. The van der Waals surface area contributed by atoms with E-state index < -0.39 is 11.9 Å². The second kappa shape index (κ2) is 8.97. The highest BCUT2D eigenvalue weighted by Gasteiger charge is 2.32.